The first kappa shape index (κ1) is 55.4. The second-order valence-corrected chi connectivity index (χ2v) is 15.7. The quantitative estimate of drug-likeness (QED) is 0.0220. The number of hydrogen-bond donors (Lipinski definition) is 2. The number of nitriles is 1. The van der Waals surface area contributed by atoms with Crippen LogP contribution in [0, 0.1) is 24.8 Å². The summed E-state index contributed by atoms with van der Waals surface area (Å²) in [4.78, 5) is 27.4. The lowest BCUT2D eigenvalue weighted by Gasteiger charge is -2.17. The maximum atomic E-state index is 11.3. The third-order valence-corrected chi connectivity index (χ3v) is 10.6. The van der Waals surface area contributed by atoms with Crippen LogP contribution in [0.25, 0.3) is 4.85 Å². The van der Waals surface area contributed by atoms with Crippen LogP contribution in [0.2, 0.25) is 0 Å². The Morgan fingerprint density at radius 1 is 0.667 bits per heavy atom. The summed E-state index contributed by atoms with van der Waals surface area (Å²) in [7, 11) is 0. The van der Waals surface area contributed by atoms with E-state index < -0.39 is 24.5 Å². The van der Waals surface area contributed by atoms with E-state index in [1.165, 1.54) is 23.5 Å². The van der Waals surface area contributed by atoms with Crippen molar-refractivity contribution in [2.24, 2.45) is 0 Å². The number of nitrogens with zero attached hydrogens (tertiary/aromatic N) is 2. The summed E-state index contributed by atoms with van der Waals surface area (Å²) in [5.74, 6) is 0.291. The summed E-state index contributed by atoms with van der Waals surface area (Å²) in [6, 6.07) is 3.81. The van der Waals surface area contributed by atoms with Gasteiger partial charge < -0.3 is 67.1 Å². The lowest BCUT2D eigenvalue weighted by Crippen LogP contribution is -2.18. The minimum atomic E-state index is -1.00. The number of hydrogen-bond acceptors (Lipinski definition) is 19. The normalized spacial score (nSPS) is 13.6. The highest BCUT2D eigenvalue weighted by Gasteiger charge is 2.30. The van der Waals surface area contributed by atoms with Crippen LogP contribution in [0.1, 0.15) is 45.1 Å². The van der Waals surface area contributed by atoms with Gasteiger partial charge in [-0.2, -0.15) is 0 Å². The molecule has 0 aliphatic carbocycles. The molecular formula is C43H62N2O16S2. The predicted molar refractivity (Wildman–Crippen MR) is 232 cm³/mol. The zero-order valence-corrected chi connectivity index (χ0v) is 38.2. The minimum Gasteiger partial charge on any atom is -0.492 e. The zero-order chi connectivity index (χ0) is 46.1. The number of aliphatic hydroxyl groups excluding tert-OH is 2. The number of benzene rings is 1. The molecule has 2 N–H and O–H groups in total. The fourth-order valence-electron chi connectivity index (χ4n) is 4.86. The smallest absolute Gasteiger partial charge is 0.333 e. The number of ether oxygens (including phenoxy) is 12. The van der Waals surface area contributed by atoms with Crippen molar-refractivity contribution in [1.82, 2.24) is 0 Å². The van der Waals surface area contributed by atoms with Gasteiger partial charge in [-0.05, 0) is 45.2 Å². The molecule has 0 saturated carbocycles. The van der Waals surface area contributed by atoms with Crippen LogP contribution in [0.5, 0.6) is 11.5 Å². The van der Waals surface area contributed by atoms with Crippen molar-refractivity contribution < 1.29 is 76.6 Å². The molecule has 0 amide bonds. The van der Waals surface area contributed by atoms with Gasteiger partial charge in [0, 0.05) is 24.0 Å². The number of esters is 2. The Morgan fingerprint density at radius 2 is 1.06 bits per heavy atom. The summed E-state index contributed by atoms with van der Waals surface area (Å²) < 4.78 is 66.1. The van der Waals surface area contributed by atoms with Crippen LogP contribution < -0.4 is 9.47 Å². The molecule has 2 rings (SSSR count). The molecule has 1 aromatic rings. The van der Waals surface area contributed by atoms with Crippen LogP contribution in [-0.2, 0) is 57.0 Å². The molecule has 1 aliphatic heterocycles. The molecule has 2 atom stereocenters. The molecule has 0 saturated heterocycles. The maximum absolute atomic E-state index is 11.3. The van der Waals surface area contributed by atoms with E-state index in [2.05, 4.69) is 18.0 Å². The highest BCUT2D eigenvalue weighted by atomic mass is 32.2. The SMILES string of the molecule is [C-]#[N+]/C(C#N)=C1\Sc2c(OCCCC(O)OCCOCCOCCOCCOC(=O)C(=C)C)cc(C)c(OCCCC(O)OCCOCCOCCOCCOC(=O)C(=C)C)c2S1. The van der Waals surface area contributed by atoms with E-state index in [4.69, 9.17) is 63.4 Å². The average Bonchev–Trinajstić information content (AvgIpc) is 3.70. The molecule has 0 radical (unpaired) electrons. The molecule has 0 aromatic heterocycles. The first-order valence-corrected chi connectivity index (χ1v) is 22.1. The van der Waals surface area contributed by atoms with Crippen LogP contribution in [-0.4, -0.2) is 154 Å². The van der Waals surface area contributed by atoms with Gasteiger partial charge in [0.1, 0.15) is 24.7 Å². The first-order chi connectivity index (χ1) is 30.5. The van der Waals surface area contributed by atoms with Crippen molar-refractivity contribution in [3.8, 4) is 17.6 Å². The Kier molecular flexibility index (Phi) is 30.5. The molecule has 63 heavy (non-hydrogen) atoms. The number of fused-ring (bicyclic) bond motifs is 1. The molecule has 18 nitrogen and oxygen atoms in total. The summed E-state index contributed by atoms with van der Waals surface area (Å²) in [6.07, 6.45) is -0.355. The monoisotopic (exact) mass is 926 g/mol. The van der Waals surface area contributed by atoms with Gasteiger partial charge in [-0.25, -0.2) is 19.7 Å². The molecule has 0 bridgehead atoms. The highest BCUT2D eigenvalue weighted by molar-refractivity contribution is 8.24. The van der Waals surface area contributed by atoms with Crippen molar-refractivity contribution in [3.63, 3.8) is 0 Å². The van der Waals surface area contributed by atoms with Crippen molar-refractivity contribution in [3.05, 3.63) is 57.3 Å². The largest absolute Gasteiger partial charge is 0.492 e. The highest BCUT2D eigenvalue weighted by Crippen LogP contribution is 2.59. The fourth-order valence-corrected chi connectivity index (χ4v) is 7.43. The van der Waals surface area contributed by atoms with E-state index in [-0.39, 0.29) is 71.8 Å². The summed E-state index contributed by atoms with van der Waals surface area (Å²) in [5.41, 5.74) is 1.46. The van der Waals surface area contributed by atoms with Gasteiger partial charge in [-0.15, -0.1) is 0 Å². The topological polar surface area (TPSA) is 214 Å². The van der Waals surface area contributed by atoms with Crippen LogP contribution in [0.4, 0.5) is 0 Å². The second kappa shape index (κ2) is 34.6. The van der Waals surface area contributed by atoms with Gasteiger partial charge in [0.05, 0.1) is 132 Å². The first-order valence-electron chi connectivity index (χ1n) is 20.5. The minimum absolute atomic E-state index is 0.0200. The standard InChI is InChI=1S/C43H62N2O16S2/c1-31(2)41(48)60-27-23-54-19-15-50-13-17-52-21-25-57-36(46)9-7-11-56-35-29-33(5)38(40-39(35)62-43(63-40)34(30-44)45-6)59-12-8-10-37(47)58-26-22-53-18-14-51-16-20-55-24-28-61-42(49)32(3)4/h29,36-37,46-47H,1,3,7-28H2,2,4-5H3/b43-34+. The van der Waals surface area contributed by atoms with E-state index in [0.717, 1.165) is 15.4 Å². The predicted octanol–water partition coefficient (Wildman–Crippen LogP) is 5.13. The van der Waals surface area contributed by atoms with Crippen LogP contribution in [0.3, 0.4) is 0 Å². The molecule has 0 fully saturated rings. The zero-order valence-electron chi connectivity index (χ0n) is 36.5. The maximum Gasteiger partial charge on any atom is 0.333 e. The van der Waals surface area contributed by atoms with Gasteiger partial charge >= 0.3 is 11.9 Å². The third-order valence-electron chi connectivity index (χ3n) is 8.02. The van der Waals surface area contributed by atoms with Crippen LogP contribution >= 0.6 is 23.5 Å². The molecule has 1 aliphatic rings. The number of aryl methyl sites for hydroxylation is 1. The van der Waals surface area contributed by atoms with E-state index >= 15 is 0 Å². The number of allylic oxidation sites excluding steroid dienone is 1. The van der Waals surface area contributed by atoms with Crippen molar-refractivity contribution >= 4 is 35.5 Å². The van der Waals surface area contributed by atoms with Crippen molar-refractivity contribution in [1.29, 1.82) is 5.26 Å². The number of aliphatic hydroxyl groups is 2. The average molecular weight is 927 g/mol. The third kappa shape index (κ3) is 24.8. The molecule has 0 spiro atoms. The van der Waals surface area contributed by atoms with E-state index in [1.54, 1.807) is 13.8 Å². The summed E-state index contributed by atoms with van der Waals surface area (Å²) >= 11 is 2.57. The lowest BCUT2D eigenvalue weighted by atomic mass is 10.2. The van der Waals surface area contributed by atoms with Crippen LogP contribution in [0.15, 0.2) is 50.1 Å². The Labute approximate surface area is 378 Å². The number of carbonyl (C=O) groups is 2. The van der Waals surface area contributed by atoms with Gasteiger partial charge in [0.25, 0.3) is 5.70 Å². The number of rotatable bonds is 38. The molecule has 1 heterocycles. The number of thioether (sulfide) groups is 2. The Balaban J connectivity index is 1.62. The Bertz CT molecular complexity index is 1650. The van der Waals surface area contributed by atoms with Gasteiger partial charge in [-0.3, -0.25) is 0 Å². The Morgan fingerprint density at radius 3 is 1.48 bits per heavy atom. The summed E-state index contributed by atoms with van der Waals surface area (Å²) in [6.45, 7) is 24.8. The molecule has 352 valence electrons. The fraction of sp³-hybridized carbons (Fsp3) is 0.628. The van der Waals surface area contributed by atoms with Gasteiger partial charge in [-0.1, -0.05) is 36.7 Å². The number of carbonyl (C=O) groups excluding carboxylic acids is 2. The Hall–Kier alpha value is -3.74. The molecule has 20 heteroatoms. The van der Waals surface area contributed by atoms with Crippen molar-refractivity contribution in [2.45, 2.75) is 68.8 Å². The van der Waals surface area contributed by atoms with E-state index in [9.17, 15) is 25.1 Å². The molecule has 1 aromatic carbocycles. The lowest BCUT2D eigenvalue weighted by molar-refractivity contribution is -0.141. The van der Waals surface area contributed by atoms with E-state index in [1.807, 2.05) is 19.1 Å². The molecular weight excluding hydrogens is 865 g/mol. The van der Waals surface area contributed by atoms with Gasteiger partial charge in [0.15, 0.2) is 12.6 Å². The second-order valence-electron chi connectivity index (χ2n) is 13.4. The van der Waals surface area contributed by atoms with E-state index in [0.29, 0.717) is 105 Å². The molecule has 2 unspecified atom stereocenters. The van der Waals surface area contributed by atoms with Crippen molar-refractivity contribution in [2.75, 3.05) is 119 Å². The van der Waals surface area contributed by atoms with Gasteiger partial charge in [0.2, 0.25) is 0 Å². The summed E-state index contributed by atoms with van der Waals surface area (Å²) in [5, 5.41) is 30.1.